The van der Waals surface area contributed by atoms with Crippen molar-refractivity contribution in [1.82, 2.24) is 21.1 Å². The predicted octanol–water partition coefficient (Wildman–Crippen LogP) is 5.61. The molecule has 1 saturated heterocycles. The highest BCUT2D eigenvalue weighted by Gasteiger charge is 2.46. The van der Waals surface area contributed by atoms with Crippen LogP contribution in [0.3, 0.4) is 0 Å². The maximum atomic E-state index is 14.0. The van der Waals surface area contributed by atoms with Gasteiger partial charge in [-0.15, -0.1) is 0 Å². The number of hydrazine groups is 1. The molecular weight excluding hydrogens is 432 g/mol. The standard InChI is InChI=1S/C30H44N4O/c1-7-22-16-18-24(19-17-22)30(8-2,9-3)32-28(35)26-21(4)33-34-27(26)31-25(20-29(34,5)6)23-14-12-10-11-13-15-23/h12,14-19,21,25,31,33H,7-11,13,20H2,1-6H3,(H,32,35)/t21?,25-/m1/s1. The van der Waals surface area contributed by atoms with Gasteiger partial charge in [0.1, 0.15) is 5.82 Å². The topological polar surface area (TPSA) is 56.4 Å². The number of aryl methyl sites for hydroxylation is 1. The average Bonchev–Trinajstić information content (AvgIpc) is 3.01. The number of nitrogens with zero attached hydrogens (tertiary/aromatic N) is 1. The lowest BCUT2D eigenvalue weighted by Crippen LogP contribution is -2.60. The second-order valence-corrected chi connectivity index (χ2v) is 11.0. The highest BCUT2D eigenvalue weighted by Crippen LogP contribution is 2.37. The number of allylic oxidation sites excluding steroid dienone is 2. The van der Waals surface area contributed by atoms with Gasteiger partial charge < -0.3 is 10.6 Å². The lowest BCUT2D eigenvalue weighted by atomic mass is 9.83. The molecule has 5 heteroatoms. The van der Waals surface area contributed by atoms with Crippen LogP contribution in [-0.4, -0.2) is 28.5 Å². The van der Waals surface area contributed by atoms with Crippen LogP contribution in [0.1, 0.15) is 91.2 Å². The fourth-order valence-electron chi connectivity index (χ4n) is 5.88. The van der Waals surface area contributed by atoms with E-state index < -0.39 is 0 Å². The molecule has 1 aliphatic carbocycles. The van der Waals surface area contributed by atoms with Crippen LogP contribution in [0.2, 0.25) is 0 Å². The van der Waals surface area contributed by atoms with E-state index in [0.29, 0.717) is 0 Å². The van der Waals surface area contributed by atoms with Gasteiger partial charge in [0.25, 0.3) is 5.91 Å². The van der Waals surface area contributed by atoms with E-state index in [4.69, 9.17) is 0 Å². The molecule has 3 aliphatic rings. The summed E-state index contributed by atoms with van der Waals surface area (Å²) in [5.74, 6) is 0.942. The summed E-state index contributed by atoms with van der Waals surface area (Å²) >= 11 is 0. The number of fused-ring (bicyclic) bond motifs is 1. The van der Waals surface area contributed by atoms with Crippen molar-refractivity contribution < 1.29 is 4.79 Å². The fourth-order valence-corrected chi connectivity index (χ4v) is 5.88. The highest BCUT2D eigenvalue weighted by atomic mass is 16.2. The molecule has 2 atom stereocenters. The first-order chi connectivity index (χ1) is 16.7. The van der Waals surface area contributed by atoms with Gasteiger partial charge in [0.15, 0.2) is 0 Å². The van der Waals surface area contributed by atoms with Crippen LogP contribution in [0, 0.1) is 0 Å². The monoisotopic (exact) mass is 476 g/mol. The number of carbonyl (C=O) groups is 1. The van der Waals surface area contributed by atoms with Crippen LogP contribution in [0.4, 0.5) is 0 Å². The normalized spacial score (nSPS) is 23.9. The highest BCUT2D eigenvalue weighted by molar-refractivity contribution is 5.96. The minimum atomic E-state index is -0.389. The zero-order valence-corrected chi connectivity index (χ0v) is 22.5. The van der Waals surface area contributed by atoms with E-state index in [2.05, 4.69) is 105 Å². The van der Waals surface area contributed by atoms with Gasteiger partial charge >= 0.3 is 0 Å². The van der Waals surface area contributed by atoms with E-state index in [1.807, 2.05) is 0 Å². The van der Waals surface area contributed by atoms with Crippen molar-refractivity contribution >= 4 is 5.91 Å². The number of amides is 1. The Morgan fingerprint density at radius 1 is 1.14 bits per heavy atom. The molecule has 1 unspecified atom stereocenters. The maximum absolute atomic E-state index is 14.0. The Hall–Kier alpha value is -2.53. The number of hydrogen-bond donors (Lipinski definition) is 3. The molecule has 35 heavy (non-hydrogen) atoms. The van der Waals surface area contributed by atoms with Gasteiger partial charge in [-0.05, 0) is 82.4 Å². The lowest BCUT2D eigenvalue weighted by Gasteiger charge is -2.47. The zero-order valence-electron chi connectivity index (χ0n) is 22.5. The van der Waals surface area contributed by atoms with Crippen molar-refractivity contribution in [3.05, 3.63) is 70.6 Å². The van der Waals surface area contributed by atoms with Gasteiger partial charge in [0.05, 0.1) is 28.7 Å². The van der Waals surface area contributed by atoms with E-state index in [-0.39, 0.29) is 29.1 Å². The predicted molar refractivity (Wildman–Crippen MR) is 144 cm³/mol. The summed E-state index contributed by atoms with van der Waals surface area (Å²) in [5, 5.41) is 9.45. The molecule has 1 aromatic carbocycles. The van der Waals surface area contributed by atoms with Crippen molar-refractivity contribution in [2.45, 2.75) is 110 Å². The minimum absolute atomic E-state index is 0.0140. The van der Waals surface area contributed by atoms with Gasteiger partial charge in [-0.25, -0.2) is 5.43 Å². The third-order valence-electron chi connectivity index (χ3n) is 8.24. The van der Waals surface area contributed by atoms with Crippen LogP contribution in [0.15, 0.2) is 59.5 Å². The first kappa shape index (κ1) is 25.6. The molecule has 0 radical (unpaired) electrons. The van der Waals surface area contributed by atoms with E-state index in [1.54, 1.807) is 0 Å². The number of carbonyl (C=O) groups excluding carboxylic acids is 1. The molecule has 1 aromatic rings. The average molecular weight is 477 g/mol. The van der Waals surface area contributed by atoms with E-state index in [0.717, 1.165) is 49.9 Å². The lowest BCUT2D eigenvalue weighted by molar-refractivity contribution is -0.119. The van der Waals surface area contributed by atoms with Crippen molar-refractivity contribution in [3.63, 3.8) is 0 Å². The molecule has 3 N–H and O–H groups in total. The summed E-state index contributed by atoms with van der Waals surface area (Å²) in [4.78, 5) is 14.0. The third kappa shape index (κ3) is 4.93. The Bertz CT molecular complexity index is 1010. The minimum Gasteiger partial charge on any atom is -0.363 e. The number of benzene rings is 1. The molecule has 4 rings (SSSR count). The third-order valence-corrected chi connectivity index (χ3v) is 8.24. The second-order valence-electron chi connectivity index (χ2n) is 11.0. The molecular formula is C30H44N4O. The molecule has 2 aliphatic heterocycles. The fraction of sp³-hybridized carbons (Fsp3) is 0.567. The molecule has 1 amide bonds. The maximum Gasteiger partial charge on any atom is 0.253 e. The first-order valence-electron chi connectivity index (χ1n) is 13.6. The SMILES string of the molecule is CCc1ccc(C(CC)(CC)NC(=O)C2=C3N[C@@H](C4=CCCCC=C4)CC(C)(C)N3NC2C)cc1. The molecule has 5 nitrogen and oxygen atoms in total. The second kappa shape index (κ2) is 10.2. The Kier molecular flexibility index (Phi) is 7.46. The number of nitrogens with one attached hydrogen (secondary N) is 3. The Morgan fingerprint density at radius 2 is 1.86 bits per heavy atom. The van der Waals surface area contributed by atoms with Crippen LogP contribution in [0.25, 0.3) is 0 Å². The molecule has 0 saturated carbocycles. The number of hydrogen-bond acceptors (Lipinski definition) is 4. The van der Waals surface area contributed by atoms with Gasteiger partial charge in [0, 0.05) is 0 Å². The molecule has 190 valence electrons. The smallest absolute Gasteiger partial charge is 0.253 e. The largest absolute Gasteiger partial charge is 0.363 e. The van der Waals surface area contributed by atoms with E-state index in [1.165, 1.54) is 23.1 Å². The van der Waals surface area contributed by atoms with Gasteiger partial charge in [-0.1, -0.05) is 63.3 Å². The van der Waals surface area contributed by atoms with Gasteiger partial charge in [-0.2, -0.15) is 0 Å². The first-order valence-corrected chi connectivity index (χ1v) is 13.6. The van der Waals surface area contributed by atoms with Gasteiger partial charge in [0.2, 0.25) is 0 Å². The summed E-state index contributed by atoms with van der Waals surface area (Å²) in [7, 11) is 0. The van der Waals surface area contributed by atoms with Crippen LogP contribution in [-0.2, 0) is 16.8 Å². The van der Waals surface area contributed by atoms with Crippen LogP contribution >= 0.6 is 0 Å². The van der Waals surface area contributed by atoms with Crippen molar-refractivity contribution in [1.29, 1.82) is 0 Å². The summed E-state index contributed by atoms with van der Waals surface area (Å²) in [6, 6.07) is 8.89. The van der Waals surface area contributed by atoms with Crippen molar-refractivity contribution in [2.75, 3.05) is 0 Å². The summed E-state index contributed by atoms with van der Waals surface area (Å²) in [6.07, 6.45) is 14.1. The zero-order chi connectivity index (χ0) is 25.2. The molecule has 2 heterocycles. The molecule has 0 bridgehead atoms. The quantitative estimate of drug-likeness (QED) is 0.479. The Balaban J connectivity index is 1.67. The van der Waals surface area contributed by atoms with Crippen LogP contribution in [0.5, 0.6) is 0 Å². The molecule has 0 aromatic heterocycles. The summed E-state index contributed by atoms with van der Waals surface area (Å²) in [6.45, 7) is 13.1. The van der Waals surface area contributed by atoms with E-state index in [9.17, 15) is 4.79 Å². The Labute approximate surface area is 212 Å². The summed E-state index contributed by atoms with van der Waals surface area (Å²) < 4.78 is 0. The summed E-state index contributed by atoms with van der Waals surface area (Å²) in [5.41, 5.74) is 7.72. The van der Waals surface area contributed by atoms with Crippen molar-refractivity contribution in [2.24, 2.45) is 0 Å². The van der Waals surface area contributed by atoms with Crippen LogP contribution < -0.4 is 16.1 Å². The van der Waals surface area contributed by atoms with Gasteiger partial charge in [-0.3, -0.25) is 9.80 Å². The molecule has 0 spiro atoms. The molecule has 1 fully saturated rings. The number of rotatable bonds is 7. The van der Waals surface area contributed by atoms with E-state index >= 15 is 0 Å². The van der Waals surface area contributed by atoms with Crippen molar-refractivity contribution in [3.8, 4) is 0 Å². The Morgan fingerprint density at radius 3 is 2.51 bits per heavy atom.